The largest absolute Gasteiger partial charge is 0.508 e. The number of rotatable bonds is 4. The Morgan fingerprint density at radius 3 is 2.48 bits per heavy atom. The number of benzene rings is 2. The number of aromatic hydroxyl groups is 1. The van der Waals surface area contributed by atoms with Crippen molar-refractivity contribution in [3.05, 3.63) is 92.1 Å². The third kappa shape index (κ3) is 3.71. The normalized spacial score (nSPS) is 18.4. The number of carbonyl (C=O) groups excluding carboxylic acids is 2. The number of phenolic OH excluding ortho intramolecular Hbond substituents is 1. The smallest absolute Gasteiger partial charge is 0.295 e. The maximum Gasteiger partial charge on any atom is 0.295 e. The van der Waals surface area contributed by atoms with E-state index in [0.29, 0.717) is 11.1 Å². The quantitative estimate of drug-likeness (QED) is 0.325. The minimum absolute atomic E-state index is 0.0134. The highest BCUT2D eigenvalue weighted by Crippen LogP contribution is 2.41. The molecule has 2 heterocycles. The molecule has 1 amide bonds. The monoisotopic (exact) mass is 469 g/mol. The predicted octanol–water partition coefficient (Wildman–Crippen LogP) is 4.84. The second kappa shape index (κ2) is 7.85. The Bertz CT molecular complexity index is 1110. The van der Waals surface area contributed by atoms with Crippen LogP contribution in [-0.2, 0) is 16.1 Å². The van der Waals surface area contributed by atoms with E-state index < -0.39 is 17.7 Å². The molecule has 0 aliphatic carbocycles. The van der Waals surface area contributed by atoms with Gasteiger partial charge in [-0.25, -0.2) is 0 Å². The van der Waals surface area contributed by atoms with Crippen LogP contribution in [0.2, 0.25) is 0 Å². The maximum atomic E-state index is 12.9. The van der Waals surface area contributed by atoms with E-state index in [1.54, 1.807) is 36.4 Å². The minimum Gasteiger partial charge on any atom is -0.508 e. The van der Waals surface area contributed by atoms with Gasteiger partial charge in [0.1, 0.15) is 11.5 Å². The standard InChI is InChI=1S/C22H16BrNO4S/c23-15-8-6-13(7-9-15)20(26)18-19(14-3-1-4-16(25)11-14)24(22(28)21(18)27)12-17-5-2-10-29-17/h1-11,19,25-26H,12H2/b20-18-. The zero-order valence-electron chi connectivity index (χ0n) is 15.1. The first-order valence-electron chi connectivity index (χ1n) is 8.81. The molecular weight excluding hydrogens is 454 g/mol. The second-order valence-electron chi connectivity index (χ2n) is 6.61. The Morgan fingerprint density at radius 1 is 1.07 bits per heavy atom. The van der Waals surface area contributed by atoms with Crippen molar-refractivity contribution < 1.29 is 19.8 Å². The van der Waals surface area contributed by atoms with Gasteiger partial charge in [0, 0.05) is 14.9 Å². The summed E-state index contributed by atoms with van der Waals surface area (Å²) in [5.74, 6) is -1.63. The number of aliphatic hydroxyl groups excluding tert-OH is 1. The molecule has 5 nitrogen and oxygen atoms in total. The average Bonchev–Trinajstić information content (AvgIpc) is 3.30. The van der Waals surface area contributed by atoms with Crippen molar-refractivity contribution >= 4 is 44.7 Å². The van der Waals surface area contributed by atoms with Gasteiger partial charge in [-0.2, -0.15) is 0 Å². The van der Waals surface area contributed by atoms with Crippen LogP contribution in [0, 0.1) is 0 Å². The summed E-state index contributed by atoms with van der Waals surface area (Å²) in [6, 6.07) is 16.2. The first-order valence-corrected chi connectivity index (χ1v) is 10.5. The fourth-order valence-corrected chi connectivity index (χ4v) is 4.39. The van der Waals surface area contributed by atoms with E-state index in [-0.39, 0.29) is 23.6 Å². The maximum absolute atomic E-state index is 12.9. The molecule has 1 saturated heterocycles. The molecule has 1 fully saturated rings. The predicted molar refractivity (Wildman–Crippen MR) is 114 cm³/mol. The van der Waals surface area contributed by atoms with E-state index in [1.165, 1.54) is 28.4 Å². The highest BCUT2D eigenvalue weighted by molar-refractivity contribution is 9.10. The zero-order chi connectivity index (χ0) is 20.5. The van der Waals surface area contributed by atoms with Gasteiger partial charge in [-0.1, -0.05) is 46.3 Å². The molecule has 1 atom stereocenters. The van der Waals surface area contributed by atoms with E-state index in [1.807, 2.05) is 17.5 Å². The van der Waals surface area contributed by atoms with Crippen LogP contribution in [0.25, 0.3) is 5.76 Å². The van der Waals surface area contributed by atoms with Crippen molar-refractivity contribution in [2.24, 2.45) is 0 Å². The van der Waals surface area contributed by atoms with Crippen LogP contribution in [0.5, 0.6) is 5.75 Å². The van der Waals surface area contributed by atoms with Crippen molar-refractivity contribution in [2.75, 3.05) is 0 Å². The number of amides is 1. The lowest BCUT2D eigenvalue weighted by molar-refractivity contribution is -0.140. The molecule has 0 radical (unpaired) electrons. The van der Waals surface area contributed by atoms with Gasteiger partial charge >= 0.3 is 0 Å². The van der Waals surface area contributed by atoms with Gasteiger partial charge in [0.15, 0.2) is 0 Å². The van der Waals surface area contributed by atoms with Gasteiger partial charge in [0.2, 0.25) is 0 Å². The molecule has 1 aromatic heterocycles. The molecule has 0 saturated carbocycles. The summed E-state index contributed by atoms with van der Waals surface area (Å²) >= 11 is 4.83. The molecule has 0 spiro atoms. The lowest BCUT2D eigenvalue weighted by Gasteiger charge is -2.25. The molecule has 2 N–H and O–H groups in total. The molecule has 4 rings (SSSR count). The Labute approximate surface area is 179 Å². The van der Waals surface area contributed by atoms with Gasteiger partial charge in [-0.3, -0.25) is 9.59 Å². The number of halogens is 1. The van der Waals surface area contributed by atoms with Crippen molar-refractivity contribution in [2.45, 2.75) is 12.6 Å². The van der Waals surface area contributed by atoms with Crippen molar-refractivity contribution in [1.82, 2.24) is 4.90 Å². The van der Waals surface area contributed by atoms with E-state index in [9.17, 15) is 19.8 Å². The summed E-state index contributed by atoms with van der Waals surface area (Å²) < 4.78 is 0.830. The molecule has 1 aliphatic heterocycles. The second-order valence-corrected chi connectivity index (χ2v) is 8.56. The van der Waals surface area contributed by atoms with E-state index >= 15 is 0 Å². The van der Waals surface area contributed by atoms with E-state index in [2.05, 4.69) is 15.9 Å². The van der Waals surface area contributed by atoms with Crippen LogP contribution >= 0.6 is 27.3 Å². The molecule has 146 valence electrons. The fourth-order valence-electron chi connectivity index (χ4n) is 3.42. The van der Waals surface area contributed by atoms with Gasteiger partial charge < -0.3 is 15.1 Å². The summed E-state index contributed by atoms with van der Waals surface area (Å²) in [5, 5.41) is 22.8. The number of carbonyl (C=O) groups is 2. The van der Waals surface area contributed by atoms with Crippen LogP contribution in [0.1, 0.15) is 22.0 Å². The van der Waals surface area contributed by atoms with Gasteiger partial charge in [0.25, 0.3) is 11.7 Å². The number of thiophene rings is 1. The summed E-state index contributed by atoms with van der Waals surface area (Å²) in [5.41, 5.74) is 1.01. The van der Waals surface area contributed by atoms with Gasteiger partial charge in [-0.05, 0) is 41.3 Å². The third-order valence-electron chi connectivity index (χ3n) is 4.75. The summed E-state index contributed by atoms with van der Waals surface area (Å²) in [6.07, 6.45) is 0. The Morgan fingerprint density at radius 2 is 1.83 bits per heavy atom. The summed E-state index contributed by atoms with van der Waals surface area (Å²) in [6.45, 7) is 0.236. The lowest BCUT2D eigenvalue weighted by Crippen LogP contribution is -2.28. The number of likely N-dealkylation sites (tertiary alicyclic amines) is 1. The molecule has 2 aromatic carbocycles. The SMILES string of the molecule is O=C1C(=O)N(Cc2cccs2)C(c2cccc(O)c2)/C1=C(/O)c1ccc(Br)cc1. The highest BCUT2D eigenvalue weighted by Gasteiger charge is 2.46. The number of Topliss-reactive ketones (excluding diaryl/α,β-unsaturated/α-hetero) is 1. The number of nitrogens with zero attached hydrogens (tertiary/aromatic N) is 1. The Balaban J connectivity index is 1.87. The number of ketones is 1. The van der Waals surface area contributed by atoms with Crippen molar-refractivity contribution in [3.8, 4) is 5.75 Å². The van der Waals surface area contributed by atoms with Crippen LogP contribution in [0.3, 0.4) is 0 Å². The molecule has 29 heavy (non-hydrogen) atoms. The molecular formula is C22H16BrNO4S. The zero-order valence-corrected chi connectivity index (χ0v) is 17.5. The average molecular weight is 470 g/mol. The van der Waals surface area contributed by atoms with Crippen molar-refractivity contribution in [3.63, 3.8) is 0 Å². The first-order chi connectivity index (χ1) is 14.0. The third-order valence-corrected chi connectivity index (χ3v) is 6.14. The number of phenols is 1. The molecule has 0 bridgehead atoms. The van der Waals surface area contributed by atoms with Gasteiger partial charge in [-0.15, -0.1) is 11.3 Å². The highest BCUT2D eigenvalue weighted by atomic mass is 79.9. The van der Waals surface area contributed by atoms with E-state index in [0.717, 1.165) is 9.35 Å². The first kappa shape index (κ1) is 19.4. The minimum atomic E-state index is -0.798. The van der Waals surface area contributed by atoms with Gasteiger partial charge in [0.05, 0.1) is 18.2 Å². The van der Waals surface area contributed by atoms with Crippen LogP contribution in [0.15, 0.2) is 76.1 Å². The molecule has 1 unspecified atom stereocenters. The number of aliphatic hydroxyl groups is 1. The number of hydrogen-bond donors (Lipinski definition) is 2. The molecule has 3 aromatic rings. The fraction of sp³-hybridized carbons (Fsp3) is 0.0909. The molecule has 1 aliphatic rings. The van der Waals surface area contributed by atoms with Crippen molar-refractivity contribution in [1.29, 1.82) is 0 Å². The summed E-state index contributed by atoms with van der Waals surface area (Å²) in [4.78, 5) is 28.1. The lowest BCUT2D eigenvalue weighted by atomic mass is 9.95. The summed E-state index contributed by atoms with van der Waals surface area (Å²) in [7, 11) is 0. The molecule has 7 heteroatoms. The Hall–Kier alpha value is -2.90. The van der Waals surface area contributed by atoms with Crippen LogP contribution in [-0.4, -0.2) is 26.8 Å². The number of hydrogen-bond acceptors (Lipinski definition) is 5. The Kier molecular flexibility index (Phi) is 5.25. The van der Waals surface area contributed by atoms with Crippen LogP contribution in [0.4, 0.5) is 0 Å². The topological polar surface area (TPSA) is 77.8 Å². The van der Waals surface area contributed by atoms with E-state index in [4.69, 9.17) is 0 Å². The van der Waals surface area contributed by atoms with Crippen LogP contribution < -0.4 is 0 Å².